The van der Waals surface area contributed by atoms with Crippen LogP contribution in [0.4, 0.5) is 0 Å². The van der Waals surface area contributed by atoms with Crippen LogP contribution >= 0.6 is 12.4 Å². The largest absolute Gasteiger partial charge is 0.461 e. The number of ether oxygens (including phenoxy) is 1. The van der Waals surface area contributed by atoms with Crippen LogP contribution in [0.3, 0.4) is 0 Å². The fourth-order valence-electron chi connectivity index (χ4n) is 0.929. The Kier molecular flexibility index (Phi) is 3.68. The molecule has 4 heteroatoms. The summed E-state index contributed by atoms with van der Waals surface area (Å²) in [6.45, 7) is 1.98. The summed E-state index contributed by atoms with van der Waals surface area (Å²) in [4.78, 5) is 10.6. The Morgan fingerprint density at radius 2 is 2.40 bits per heavy atom. The van der Waals surface area contributed by atoms with Crippen molar-refractivity contribution in [2.45, 2.75) is 31.9 Å². The van der Waals surface area contributed by atoms with Gasteiger partial charge in [-0.2, -0.15) is 0 Å². The van der Waals surface area contributed by atoms with E-state index in [4.69, 9.17) is 10.5 Å². The van der Waals surface area contributed by atoms with Crippen LogP contribution in [-0.2, 0) is 9.53 Å². The van der Waals surface area contributed by atoms with Crippen LogP contribution in [-0.4, -0.2) is 18.1 Å². The summed E-state index contributed by atoms with van der Waals surface area (Å²) in [5, 5.41) is 0. The van der Waals surface area contributed by atoms with Gasteiger partial charge in [0.2, 0.25) is 0 Å². The molecule has 1 rings (SSSR count). The summed E-state index contributed by atoms with van der Waals surface area (Å²) in [6.07, 6.45) is 1.64. The average molecular weight is 166 g/mol. The zero-order chi connectivity index (χ0) is 6.85. The third-order valence-corrected chi connectivity index (χ3v) is 1.56. The molecular formula is C6H12ClNO2. The standard InChI is InChI=1S/C6H11NO2.ClH/c1-2-4-3-5(7)6(8)9-4;/h4-5H,2-3,7H2,1H3;1H/t4-,5-;/m1./s1. The molecule has 0 radical (unpaired) electrons. The van der Waals surface area contributed by atoms with Crippen LogP contribution in [0.1, 0.15) is 19.8 Å². The molecule has 0 amide bonds. The summed E-state index contributed by atoms with van der Waals surface area (Å²) in [7, 11) is 0. The lowest BCUT2D eigenvalue weighted by atomic mass is 10.1. The van der Waals surface area contributed by atoms with Gasteiger partial charge in [0.15, 0.2) is 0 Å². The molecule has 10 heavy (non-hydrogen) atoms. The summed E-state index contributed by atoms with van der Waals surface area (Å²) in [6, 6.07) is -0.366. The van der Waals surface area contributed by atoms with Gasteiger partial charge < -0.3 is 10.5 Å². The number of cyclic esters (lactones) is 1. The summed E-state index contributed by atoms with van der Waals surface area (Å²) in [5.41, 5.74) is 5.37. The molecule has 0 unspecified atom stereocenters. The van der Waals surface area contributed by atoms with E-state index < -0.39 is 0 Å². The topological polar surface area (TPSA) is 52.3 Å². The zero-order valence-electron chi connectivity index (χ0n) is 5.87. The van der Waals surface area contributed by atoms with Crippen LogP contribution in [0, 0.1) is 0 Å². The van der Waals surface area contributed by atoms with E-state index in [0.29, 0.717) is 6.42 Å². The molecule has 2 N–H and O–H groups in total. The van der Waals surface area contributed by atoms with Gasteiger partial charge in [-0.05, 0) is 6.42 Å². The van der Waals surface area contributed by atoms with Gasteiger partial charge in [0, 0.05) is 6.42 Å². The van der Waals surface area contributed by atoms with Gasteiger partial charge in [-0.25, -0.2) is 0 Å². The molecule has 1 saturated heterocycles. The van der Waals surface area contributed by atoms with Crippen LogP contribution in [0.5, 0.6) is 0 Å². The predicted molar refractivity (Wildman–Crippen MR) is 40.0 cm³/mol. The molecule has 2 atom stereocenters. The SMILES string of the molecule is CC[C@@H]1C[C@@H](N)C(=O)O1.Cl. The van der Waals surface area contributed by atoms with Crippen LogP contribution in [0.15, 0.2) is 0 Å². The van der Waals surface area contributed by atoms with Crippen LogP contribution in [0.25, 0.3) is 0 Å². The highest BCUT2D eigenvalue weighted by atomic mass is 35.5. The van der Waals surface area contributed by atoms with E-state index in [9.17, 15) is 4.79 Å². The highest BCUT2D eigenvalue weighted by molar-refractivity contribution is 5.85. The fourth-order valence-corrected chi connectivity index (χ4v) is 0.929. The van der Waals surface area contributed by atoms with Crippen molar-refractivity contribution >= 4 is 18.4 Å². The molecule has 1 aliphatic heterocycles. The first kappa shape index (κ1) is 9.72. The van der Waals surface area contributed by atoms with Crippen LogP contribution < -0.4 is 5.73 Å². The molecule has 1 aliphatic rings. The lowest BCUT2D eigenvalue weighted by molar-refractivity contribution is -0.142. The molecule has 3 nitrogen and oxygen atoms in total. The maximum Gasteiger partial charge on any atom is 0.323 e. The Morgan fingerprint density at radius 3 is 2.60 bits per heavy atom. The predicted octanol–water partition coefficient (Wildman–Crippen LogP) is 0.461. The minimum Gasteiger partial charge on any atom is -0.461 e. The van der Waals surface area contributed by atoms with Gasteiger partial charge in [0.05, 0.1) is 0 Å². The smallest absolute Gasteiger partial charge is 0.323 e. The Morgan fingerprint density at radius 1 is 1.80 bits per heavy atom. The number of carbonyl (C=O) groups excluding carboxylic acids is 1. The highest BCUT2D eigenvalue weighted by Gasteiger charge is 2.29. The number of halogens is 1. The second kappa shape index (κ2) is 3.78. The number of carbonyl (C=O) groups is 1. The van der Waals surface area contributed by atoms with Crippen molar-refractivity contribution in [2.24, 2.45) is 5.73 Å². The van der Waals surface area contributed by atoms with Crippen molar-refractivity contribution in [3.8, 4) is 0 Å². The lowest BCUT2D eigenvalue weighted by Gasteiger charge is -2.01. The van der Waals surface area contributed by atoms with Crippen molar-refractivity contribution in [3.63, 3.8) is 0 Å². The Labute approximate surface area is 66.3 Å². The molecule has 0 aromatic heterocycles. The zero-order valence-corrected chi connectivity index (χ0v) is 6.69. The molecule has 0 saturated carbocycles. The van der Waals surface area contributed by atoms with Crippen molar-refractivity contribution in [1.29, 1.82) is 0 Å². The monoisotopic (exact) mass is 165 g/mol. The number of nitrogens with two attached hydrogens (primary N) is 1. The molecule has 60 valence electrons. The molecule has 0 spiro atoms. The Balaban J connectivity index is 0.000000810. The van der Waals surface area contributed by atoms with Crippen molar-refractivity contribution < 1.29 is 9.53 Å². The van der Waals surface area contributed by atoms with E-state index >= 15 is 0 Å². The first-order chi connectivity index (χ1) is 4.24. The van der Waals surface area contributed by atoms with E-state index in [0.717, 1.165) is 6.42 Å². The quantitative estimate of drug-likeness (QED) is 0.575. The normalized spacial score (nSPS) is 31.2. The first-order valence-corrected chi connectivity index (χ1v) is 3.20. The third kappa shape index (κ3) is 1.85. The summed E-state index contributed by atoms with van der Waals surface area (Å²) >= 11 is 0. The first-order valence-electron chi connectivity index (χ1n) is 3.20. The van der Waals surface area contributed by atoms with Gasteiger partial charge in [-0.3, -0.25) is 4.79 Å². The number of hydrogen-bond donors (Lipinski definition) is 1. The number of hydrogen-bond acceptors (Lipinski definition) is 3. The van der Waals surface area contributed by atoms with Crippen molar-refractivity contribution in [1.82, 2.24) is 0 Å². The minimum atomic E-state index is -0.366. The van der Waals surface area contributed by atoms with E-state index in [1.807, 2.05) is 6.92 Å². The van der Waals surface area contributed by atoms with Crippen LogP contribution in [0.2, 0.25) is 0 Å². The lowest BCUT2D eigenvalue weighted by Crippen LogP contribution is -2.24. The molecule has 1 heterocycles. The second-order valence-electron chi connectivity index (χ2n) is 2.31. The summed E-state index contributed by atoms with van der Waals surface area (Å²) < 4.78 is 4.86. The molecule has 0 aromatic rings. The number of rotatable bonds is 1. The van der Waals surface area contributed by atoms with E-state index in [1.54, 1.807) is 0 Å². The number of esters is 1. The fraction of sp³-hybridized carbons (Fsp3) is 0.833. The van der Waals surface area contributed by atoms with Gasteiger partial charge in [-0.1, -0.05) is 6.92 Å². The highest BCUT2D eigenvalue weighted by Crippen LogP contribution is 2.14. The molecular weight excluding hydrogens is 154 g/mol. The van der Waals surface area contributed by atoms with E-state index in [2.05, 4.69) is 0 Å². The molecule has 1 fully saturated rings. The molecule has 0 aliphatic carbocycles. The average Bonchev–Trinajstić information content (AvgIpc) is 2.13. The molecule has 0 bridgehead atoms. The Hall–Kier alpha value is -0.280. The maximum absolute atomic E-state index is 10.6. The van der Waals surface area contributed by atoms with E-state index in [-0.39, 0.29) is 30.5 Å². The minimum absolute atomic E-state index is 0. The van der Waals surface area contributed by atoms with Crippen molar-refractivity contribution in [2.75, 3.05) is 0 Å². The Bertz CT molecular complexity index is 129. The van der Waals surface area contributed by atoms with Gasteiger partial charge in [0.25, 0.3) is 0 Å². The van der Waals surface area contributed by atoms with Crippen molar-refractivity contribution in [3.05, 3.63) is 0 Å². The summed E-state index contributed by atoms with van der Waals surface area (Å²) in [5.74, 6) is -0.248. The van der Waals surface area contributed by atoms with Gasteiger partial charge >= 0.3 is 5.97 Å². The van der Waals surface area contributed by atoms with Gasteiger partial charge in [0.1, 0.15) is 12.1 Å². The maximum atomic E-state index is 10.6. The second-order valence-corrected chi connectivity index (χ2v) is 2.31. The molecule has 0 aromatic carbocycles. The van der Waals surface area contributed by atoms with Gasteiger partial charge in [-0.15, -0.1) is 12.4 Å². The van der Waals surface area contributed by atoms with E-state index in [1.165, 1.54) is 0 Å². The third-order valence-electron chi connectivity index (χ3n) is 1.56.